The van der Waals surface area contributed by atoms with Crippen molar-refractivity contribution in [3.05, 3.63) is 35.9 Å². The Morgan fingerprint density at radius 2 is 1.89 bits per heavy atom. The number of aromatic nitrogens is 4. The summed E-state index contributed by atoms with van der Waals surface area (Å²) in [7, 11) is 0. The summed E-state index contributed by atoms with van der Waals surface area (Å²) in [5, 5.41) is 37.7. The molecule has 2 aliphatic rings. The zero-order valence-electron chi connectivity index (χ0n) is 25.5. The molecule has 15 heteroatoms. The molecule has 5 atom stereocenters. The molecule has 4 rings (SSSR count). The Morgan fingerprint density at radius 1 is 1.20 bits per heavy atom. The van der Waals surface area contributed by atoms with E-state index in [2.05, 4.69) is 32.6 Å². The minimum absolute atomic E-state index is 0.0312. The van der Waals surface area contributed by atoms with E-state index in [1.54, 1.807) is 47.6 Å². The first-order valence-electron chi connectivity index (χ1n) is 14.1. The van der Waals surface area contributed by atoms with Crippen molar-refractivity contribution in [2.45, 2.75) is 83.6 Å². The van der Waals surface area contributed by atoms with E-state index < -0.39 is 64.5 Å². The molecule has 1 aliphatic heterocycles. The molecule has 2 fully saturated rings. The summed E-state index contributed by atoms with van der Waals surface area (Å²) in [6.45, 7) is 14.0. The monoisotopic (exact) mass is 631 g/mol. The van der Waals surface area contributed by atoms with Crippen LogP contribution in [0.3, 0.4) is 0 Å². The number of tetrazole rings is 1. The van der Waals surface area contributed by atoms with Gasteiger partial charge in [-0.15, -0.1) is 16.8 Å². The molecule has 44 heavy (non-hydrogen) atoms. The largest absolute Gasteiger partial charge is 0.506 e. The number of amides is 3. The molecule has 1 saturated heterocycles. The van der Waals surface area contributed by atoms with Crippen LogP contribution in [0.1, 0.15) is 60.4 Å². The minimum atomic E-state index is -1.51. The molecule has 4 N–H and O–H groups in total. The van der Waals surface area contributed by atoms with Crippen LogP contribution in [-0.2, 0) is 19.1 Å². The van der Waals surface area contributed by atoms with Crippen molar-refractivity contribution >= 4 is 35.5 Å². The lowest BCUT2D eigenvalue weighted by molar-refractivity contribution is -0.146. The molecule has 0 radical (unpaired) electrons. The molecule has 1 aromatic heterocycles. The number of halogens is 1. The molecule has 1 saturated carbocycles. The molecule has 0 bridgehead atoms. The highest BCUT2D eigenvalue weighted by atomic mass is 35.5. The van der Waals surface area contributed by atoms with E-state index in [0.29, 0.717) is 5.56 Å². The number of nitrogens with one attached hydrogen (secondary N) is 2. The van der Waals surface area contributed by atoms with Crippen molar-refractivity contribution in [3.8, 4) is 17.1 Å². The number of ether oxygens (including phenoxy) is 1. The Labute approximate surface area is 259 Å². The maximum Gasteiger partial charge on any atom is 0.408 e. The van der Waals surface area contributed by atoms with E-state index in [0.717, 1.165) is 0 Å². The van der Waals surface area contributed by atoms with Crippen molar-refractivity contribution in [3.63, 3.8) is 0 Å². The van der Waals surface area contributed by atoms with Gasteiger partial charge in [0.25, 0.3) is 0 Å². The molecule has 3 amide bonds. The smallest absolute Gasteiger partial charge is 0.408 e. The molecule has 1 aliphatic carbocycles. The zero-order chi connectivity index (χ0) is 32.8. The molecule has 5 unspecified atom stereocenters. The number of carboxylic acids is 1. The molecule has 14 nitrogen and oxygen atoms in total. The van der Waals surface area contributed by atoms with Gasteiger partial charge in [0.05, 0.1) is 11.1 Å². The summed E-state index contributed by atoms with van der Waals surface area (Å²) < 4.78 is 5.39. The number of aromatic hydroxyl groups is 1. The van der Waals surface area contributed by atoms with Gasteiger partial charge in [-0.25, -0.2) is 9.59 Å². The van der Waals surface area contributed by atoms with Crippen LogP contribution in [0.25, 0.3) is 11.4 Å². The van der Waals surface area contributed by atoms with Crippen LogP contribution in [0.4, 0.5) is 4.79 Å². The van der Waals surface area contributed by atoms with Gasteiger partial charge in [0.1, 0.15) is 29.0 Å². The van der Waals surface area contributed by atoms with Crippen LogP contribution in [0.5, 0.6) is 5.75 Å². The number of carbonyl (C=O) groups excluding carboxylic acids is 3. The molecule has 238 valence electrons. The molecular weight excluding hydrogens is 594 g/mol. The van der Waals surface area contributed by atoms with Crippen molar-refractivity contribution < 1.29 is 34.1 Å². The fourth-order valence-corrected chi connectivity index (χ4v) is 5.35. The lowest BCUT2D eigenvalue weighted by Gasteiger charge is -2.36. The Kier molecular flexibility index (Phi) is 8.71. The van der Waals surface area contributed by atoms with Crippen LogP contribution in [0, 0.1) is 11.3 Å². The average Bonchev–Trinajstić information content (AvgIpc) is 3.23. The second-order valence-corrected chi connectivity index (χ2v) is 13.7. The van der Waals surface area contributed by atoms with Gasteiger partial charge in [-0.1, -0.05) is 38.4 Å². The fraction of sp³-hybridized carbons (Fsp3) is 0.552. The molecule has 0 spiro atoms. The number of phenolic OH excluding ortho intramolecular Hbond substituents is 1. The van der Waals surface area contributed by atoms with Crippen LogP contribution in [0.15, 0.2) is 30.9 Å². The third-order valence-corrected chi connectivity index (χ3v) is 7.93. The molecule has 1 aromatic carbocycles. The number of rotatable bonds is 8. The van der Waals surface area contributed by atoms with Gasteiger partial charge in [-0.2, -0.15) is 4.80 Å². The van der Waals surface area contributed by atoms with Gasteiger partial charge in [-0.05, 0) is 56.0 Å². The molecule has 2 aromatic rings. The Hall–Kier alpha value is -4.20. The third kappa shape index (κ3) is 6.79. The number of benzene rings is 1. The SMILES string of the molecule is C=CC1CC1(NC(=O)C1CC(n2nnc(-c3ccc(O)c(Cl)c3)n2)CN1C(=O)C(NC(=O)OC(C)(C)C)C(C)(C)C)C(=O)O. The number of carbonyl (C=O) groups is 4. The lowest BCUT2D eigenvalue weighted by Crippen LogP contribution is -2.59. The number of hydrogen-bond donors (Lipinski definition) is 4. The maximum absolute atomic E-state index is 14.2. The summed E-state index contributed by atoms with van der Waals surface area (Å²) in [6, 6.07) is 1.60. The van der Waals surface area contributed by atoms with E-state index >= 15 is 0 Å². The van der Waals surface area contributed by atoms with Crippen LogP contribution < -0.4 is 10.6 Å². The van der Waals surface area contributed by atoms with Gasteiger partial charge >= 0.3 is 12.1 Å². The van der Waals surface area contributed by atoms with Crippen molar-refractivity contribution in [1.82, 2.24) is 35.7 Å². The molecular formula is C29H38ClN7O7. The van der Waals surface area contributed by atoms with Gasteiger partial charge in [0.15, 0.2) is 0 Å². The summed E-state index contributed by atoms with van der Waals surface area (Å²) >= 11 is 6.04. The van der Waals surface area contributed by atoms with Crippen LogP contribution >= 0.6 is 11.6 Å². The highest BCUT2D eigenvalue weighted by molar-refractivity contribution is 6.32. The second-order valence-electron chi connectivity index (χ2n) is 13.3. The summed E-state index contributed by atoms with van der Waals surface area (Å²) in [4.78, 5) is 55.3. The number of aliphatic carboxylic acids is 1. The zero-order valence-corrected chi connectivity index (χ0v) is 26.3. The summed E-state index contributed by atoms with van der Waals surface area (Å²) in [5.74, 6) is -2.78. The topological polar surface area (TPSA) is 189 Å². The molecule has 2 heterocycles. The van der Waals surface area contributed by atoms with Gasteiger partial charge in [0, 0.05) is 24.4 Å². The van der Waals surface area contributed by atoms with Crippen LogP contribution in [-0.4, -0.2) is 89.0 Å². The predicted molar refractivity (Wildman–Crippen MR) is 159 cm³/mol. The van der Waals surface area contributed by atoms with Crippen molar-refractivity contribution in [2.75, 3.05) is 6.54 Å². The maximum atomic E-state index is 14.2. The van der Waals surface area contributed by atoms with Gasteiger partial charge in [0.2, 0.25) is 17.6 Å². The number of alkyl carbamates (subject to hydrolysis) is 1. The fourth-order valence-electron chi connectivity index (χ4n) is 5.17. The first kappa shape index (κ1) is 32.7. The van der Waals surface area contributed by atoms with Crippen LogP contribution in [0.2, 0.25) is 5.02 Å². The van der Waals surface area contributed by atoms with E-state index in [9.17, 15) is 29.4 Å². The highest BCUT2D eigenvalue weighted by Gasteiger charge is 2.61. The van der Waals surface area contributed by atoms with Gasteiger partial charge in [-0.3, -0.25) is 9.59 Å². The average molecular weight is 632 g/mol. The quantitative estimate of drug-likeness (QED) is 0.315. The number of phenols is 1. The number of carboxylic acid groups (broad SMARTS) is 1. The van der Waals surface area contributed by atoms with E-state index in [1.165, 1.54) is 27.9 Å². The van der Waals surface area contributed by atoms with E-state index in [4.69, 9.17) is 16.3 Å². The number of likely N-dealkylation sites (tertiary alicyclic amines) is 1. The first-order chi connectivity index (χ1) is 20.4. The lowest BCUT2D eigenvalue weighted by atomic mass is 9.85. The minimum Gasteiger partial charge on any atom is -0.506 e. The standard InChI is InChI=1S/C29H38ClN7O7/c1-8-16-13-29(16,25(41)42)32-23(39)19-12-17(37-34-22(33-35-37)15-9-10-20(38)18(30)11-15)14-36(19)24(40)21(27(2,3)4)31-26(43)44-28(5,6)7/h8-11,16-17,19,21,38H,1,12-14H2,2-7H3,(H,31,43)(H,32,39)(H,41,42). The second kappa shape index (κ2) is 11.7. The predicted octanol–water partition coefficient (Wildman–Crippen LogP) is 2.93. The third-order valence-electron chi connectivity index (χ3n) is 7.63. The number of nitrogens with zero attached hydrogens (tertiary/aromatic N) is 5. The normalized spacial score (nSPS) is 23.9. The van der Waals surface area contributed by atoms with Crippen molar-refractivity contribution in [2.24, 2.45) is 11.3 Å². The first-order valence-corrected chi connectivity index (χ1v) is 14.5. The van der Waals surface area contributed by atoms with E-state index in [-0.39, 0.29) is 36.0 Å². The van der Waals surface area contributed by atoms with Crippen molar-refractivity contribution in [1.29, 1.82) is 0 Å². The summed E-state index contributed by atoms with van der Waals surface area (Å²) in [6.07, 6.45) is 0.900. The Balaban J connectivity index is 1.65. The summed E-state index contributed by atoms with van der Waals surface area (Å²) in [5.41, 5.74) is -2.63. The highest BCUT2D eigenvalue weighted by Crippen LogP contribution is 2.45. The number of hydrogen-bond acceptors (Lipinski definition) is 9. The Morgan fingerprint density at radius 3 is 2.43 bits per heavy atom. The van der Waals surface area contributed by atoms with E-state index in [1.807, 2.05) is 0 Å². The van der Waals surface area contributed by atoms with Gasteiger partial charge < -0.3 is 30.5 Å². The Bertz CT molecular complexity index is 1480.